The van der Waals surface area contributed by atoms with E-state index in [1.165, 1.54) is 0 Å². The minimum absolute atomic E-state index is 0.0172. The summed E-state index contributed by atoms with van der Waals surface area (Å²) in [7, 11) is 0. The van der Waals surface area contributed by atoms with Gasteiger partial charge in [-0.1, -0.05) is 0 Å². The van der Waals surface area contributed by atoms with Crippen LogP contribution >= 0.6 is 11.6 Å². The second kappa shape index (κ2) is 4.52. The van der Waals surface area contributed by atoms with E-state index in [2.05, 4.69) is 10.6 Å². The maximum Gasteiger partial charge on any atom is 0.322 e. The maximum absolute atomic E-state index is 11.8. The van der Waals surface area contributed by atoms with E-state index in [0.717, 1.165) is 0 Å². The summed E-state index contributed by atoms with van der Waals surface area (Å²) in [5.74, 6) is 0.0914. The molecule has 1 spiro atoms. The van der Waals surface area contributed by atoms with Gasteiger partial charge in [0.05, 0.1) is 6.54 Å². The van der Waals surface area contributed by atoms with E-state index in [1.54, 1.807) is 4.90 Å². The van der Waals surface area contributed by atoms with Crippen LogP contribution in [0.2, 0.25) is 0 Å². The molecule has 94 valence electrons. The fourth-order valence-corrected chi connectivity index (χ4v) is 2.35. The maximum atomic E-state index is 11.8. The highest BCUT2D eigenvalue weighted by Gasteiger charge is 2.51. The monoisotopic (exact) mass is 259 g/mol. The van der Waals surface area contributed by atoms with Crippen LogP contribution in [-0.4, -0.2) is 47.3 Å². The van der Waals surface area contributed by atoms with Crippen LogP contribution in [0.3, 0.4) is 0 Å². The normalized spacial score (nSPS) is 27.5. The van der Waals surface area contributed by atoms with Gasteiger partial charge in [0.15, 0.2) is 0 Å². The summed E-state index contributed by atoms with van der Waals surface area (Å²) < 4.78 is 0. The molecule has 2 rings (SSSR count). The molecule has 0 aromatic heterocycles. The molecule has 2 fully saturated rings. The average Bonchev–Trinajstić information content (AvgIpc) is 2.81. The second-order valence-corrected chi connectivity index (χ2v) is 4.73. The van der Waals surface area contributed by atoms with Crippen molar-refractivity contribution < 1.29 is 14.4 Å². The van der Waals surface area contributed by atoms with Gasteiger partial charge in [-0.15, -0.1) is 11.6 Å². The number of hydrogen-bond acceptors (Lipinski definition) is 3. The number of amides is 4. The van der Waals surface area contributed by atoms with Gasteiger partial charge in [-0.25, -0.2) is 4.79 Å². The lowest BCUT2D eigenvalue weighted by molar-refractivity contribution is -0.130. The molecule has 2 aliphatic heterocycles. The number of carbonyl (C=O) groups is 3. The summed E-state index contributed by atoms with van der Waals surface area (Å²) in [6.45, 7) is 0.751. The van der Waals surface area contributed by atoms with Crippen molar-refractivity contribution in [1.29, 1.82) is 0 Å². The summed E-state index contributed by atoms with van der Waals surface area (Å²) >= 11 is 5.52. The van der Waals surface area contributed by atoms with Gasteiger partial charge >= 0.3 is 6.03 Å². The minimum atomic E-state index is -0.909. The van der Waals surface area contributed by atoms with E-state index in [0.29, 0.717) is 31.7 Å². The van der Waals surface area contributed by atoms with E-state index in [4.69, 9.17) is 11.6 Å². The van der Waals surface area contributed by atoms with Crippen molar-refractivity contribution in [1.82, 2.24) is 15.5 Å². The van der Waals surface area contributed by atoms with Crippen molar-refractivity contribution in [3.05, 3.63) is 0 Å². The molecule has 0 aromatic carbocycles. The number of nitrogens with zero attached hydrogens (tertiary/aromatic N) is 1. The number of halogens is 1. The fourth-order valence-electron chi connectivity index (χ4n) is 2.21. The van der Waals surface area contributed by atoms with Crippen LogP contribution in [0.15, 0.2) is 0 Å². The molecule has 2 aliphatic rings. The van der Waals surface area contributed by atoms with E-state index < -0.39 is 11.6 Å². The van der Waals surface area contributed by atoms with Crippen molar-refractivity contribution in [2.45, 2.75) is 24.8 Å². The smallest absolute Gasteiger partial charge is 0.322 e. The molecular weight excluding hydrogens is 246 g/mol. The molecule has 0 saturated carbocycles. The van der Waals surface area contributed by atoms with Gasteiger partial charge in [0, 0.05) is 18.8 Å². The lowest BCUT2D eigenvalue weighted by atomic mass is 9.99. The quantitative estimate of drug-likeness (QED) is 0.545. The topological polar surface area (TPSA) is 78.5 Å². The first kappa shape index (κ1) is 12.2. The number of urea groups is 1. The van der Waals surface area contributed by atoms with Crippen LogP contribution in [0.4, 0.5) is 4.79 Å². The minimum Gasteiger partial charge on any atom is -0.340 e. The molecule has 4 amide bonds. The number of rotatable bonds is 3. The van der Waals surface area contributed by atoms with Crippen LogP contribution in [0.5, 0.6) is 0 Å². The molecule has 0 bridgehead atoms. The summed E-state index contributed by atoms with van der Waals surface area (Å²) in [5, 5.41) is 4.80. The molecular formula is C10H14ClN3O3. The third-order valence-corrected chi connectivity index (χ3v) is 3.43. The predicted molar refractivity (Wildman–Crippen MR) is 60.6 cm³/mol. The molecule has 2 heterocycles. The van der Waals surface area contributed by atoms with Gasteiger partial charge in [-0.2, -0.15) is 0 Å². The highest BCUT2D eigenvalue weighted by atomic mass is 35.5. The SMILES string of the molecule is O=C1NC(=O)C2(CCN(C(=O)CCCCl)C2)N1. The van der Waals surface area contributed by atoms with Crippen molar-refractivity contribution in [2.75, 3.05) is 19.0 Å². The summed E-state index contributed by atoms with van der Waals surface area (Å²) in [4.78, 5) is 36.1. The molecule has 17 heavy (non-hydrogen) atoms. The third-order valence-electron chi connectivity index (χ3n) is 3.16. The number of nitrogens with one attached hydrogen (secondary N) is 2. The van der Waals surface area contributed by atoms with Gasteiger partial charge in [0.1, 0.15) is 5.54 Å². The van der Waals surface area contributed by atoms with Crippen molar-refractivity contribution >= 4 is 29.4 Å². The van der Waals surface area contributed by atoms with Gasteiger partial charge in [-0.05, 0) is 12.8 Å². The van der Waals surface area contributed by atoms with Gasteiger partial charge < -0.3 is 10.2 Å². The van der Waals surface area contributed by atoms with Gasteiger partial charge in [0.2, 0.25) is 5.91 Å². The van der Waals surface area contributed by atoms with E-state index in [-0.39, 0.29) is 18.4 Å². The zero-order chi connectivity index (χ0) is 12.5. The summed E-state index contributed by atoms with van der Waals surface area (Å²) in [6.07, 6.45) is 1.48. The molecule has 0 aromatic rings. The van der Waals surface area contributed by atoms with E-state index in [9.17, 15) is 14.4 Å². The Morgan fingerprint density at radius 2 is 2.24 bits per heavy atom. The van der Waals surface area contributed by atoms with Crippen molar-refractivity contribution in [3.8, 4) is 0 Å². The third kappa shape index (κ3) is 2.22. The molecule has 1 unspecified atom stereocenters. The Morgan fingerprint density at radius 3 is 2.82 bits per heavy atom. The Hall–Kier alpha value is -1.30. The lowest BCUT2D eigenvalue weighted by Gasteiger charge is -2.20. The number of imide groups is 1. The second-order valence-electron chi connectivity index (χ2n) is 4.35. The van der Waals surface area contributed by atoms with Crippen LogP contribution in [-0.2, 0) is 9.59 Å². The van der Waals surface area contributed by atoms with Gasteiger partial charge in [0.25, 0.3) is 5.91 Å². The zero-order valence-corrected chi connectivity index (χ0v) is 10.0. The Kier molecular flexibility index (Phi) is 3.24. The predicted octanol–water partition coefficient (Wildman–Crippen LogP) is -0.184. The molecule has 6 nitrogen and oxygen atoms in total. The van der Waals surface area contributed by atoms with Crippen LogP contribution in [0, 0.1) is 0 Å². The summed E-state index contributed by atoms with van der Waals surface area (Å²) in [6, 6.07) is -0.481. The molecule has 7 heteroatoms. The highest BCUT2D eigenvalue weighted by molar-refractivity contribution is 6.17. The number of alkyl halides is 1. The molecule has 0 radical (unpaired) electrons. The van der Waals surface area contributed by atoms with Crippen LogP contribution in [0.1, 0.15) is 19.3 Å². The number of likely N-dealkylation sites (tertiary alicyclic amines) is 1. The molecule has 0 aliphatic carbocycles. The van der Waals surface area contributed by atoms with Crippen molar-refractivity contribution in [2.24, 2.45) is 0 Å². The number of carbonyl (C=O) groups excluding carboxylic acids is 3. The first-order valence-electron chi connectivity index (χ1n) is 5.55. The highest BCUT2D eigenvalue weighted by Crippen LogP contribution is 2.25. The van der Waals surface area contributed by atoms with Gasteiger partial charge in [-0.3, -0.25) is 14.9 Å². The largest absolute Gasteiger partial charge is 0.340 e. The molecule has 2 saturated heterocycles. The summed E-state index contributed by atoms with van der Waals surface area (Å²) in [5.41, 5.74) is -0.909. The first-order chi connectivity index (χ1) is 8.07. The Balaban J connectivity index is 1.97. The number of hydrogen-bond donors (Lipinski definition) is 2. The Morgan fingerprint density at radius 1 is 1.47 bits per heavy atom. The molecule has 1 atom stereocenters. The van der Waals surface area contributed by atoms with Crippen molar-refractivity contribution in [3.63, 3.8) is 0 Å². The van der Waals surface area contributed by atoms with E-state index in [1.807, 2.05) is 0 Å². The Bertz CT molecular complexity index is 374. The lowest BCUT2D eigenvalue weighted by Crippen LogP contribution is -2.49. The first-order valence-corrected chi connectivity index (χ1v) is 6.08. The van der Waals surface area contributed by atoms with Crippen LogP contribution in [0.25, 0.3) is 0 Å². The van der Waals surface area contributed by atoms with Crippen LogP contribution < -0.4 is 10.6 Å². The average molecular weight is 260 g/mol. The standard InChI is InChI=1S/C10H14ClN3O3/c11-4-1-2-7(15)14-5-3-10(6-14)8(16)12-9(17)13-10/h1-6H2,(H2,12,13,16,17). The Labute approximate surface area is 104 Å². The fraction of sp³-hybridized carbons (Fsp3) is 0.700. The van der Waals surface area contributed by atoms with E-state index >= 15 is 0 Å². The zero-order valence-electron chi connectivity index (χ0n) is 9.29. The molecule has 2 N–H and O–H groups in total.